The van der Waals surface area contributed by atoms with Gasteiger partial charge in [0, 0.05) is 30.4 Å². The first kappa shape index (κ1) is 25.7. The molecule has 0 saturated carbocycles. The second-order valence-corrected chi connectivity index (χ2v) is 11.9. The molecule has 1 fully saturated rings. The van der Waals surface area contributed by atoms with Gasteiger partial charge in [0.05, 0.1) is 10.8 Å². The minimum absolute atomic E-state index is 0.0206. The van der Waals surface area contributed by atoms with E-state index < -0.39 is 10.0 Å². The van der Waals surface area contributed by atoms with Crippen molar-refractivity contribution >= 4 is 27.5 Å². The monoisotopic (exact) mass is 485 g/mol. The maximum Gasteiger partial charge on any atom is 0.261 e. The van der Waals surface area contributed by atoms with Crippen LogP contribution in [0, 0.1) is 5.92 Å². The Kier molecular flexibility index (Phi) is 7.70. The first-order valence-electron chi connectivity index (χ1n) is 11.7. The fourth-order valence-corrected chi connectivity index (χ4v) is 5.05. The minimum atomic E-state index is -3.75. The number of anilines is 1. The molecule has 8 heteroatoms. The average Bonchev–Trinajstić information content (AvgIpc) is 2.78. The number of nitrogens with one attached hydrogen (secondary N) is 2. The van der Waals surface area contributed by atoms with Crippen LogP contribution in [0.5, 0.6) is 0 Å². The predicted octanol–water partition coefficient (Wildman–Crippen LogP) is 4.16. The van der Waals surface area contributed by atoms with Crippen molar-refractivity contribution < 1.29 is 18.0 Å². The first-order valence-corrected chi connectivity index (χ1v) is 13.2. The zero-order valence-corrected chi connectivity index (χ0v) is 21.4. The van der Waals surface area contributed by atoms with Crippen LogP contribution < -0.4 is 10.0 Å². The molecule has 0 bridgehead atoms. The number of carbonyl (C=O) groups is 2. The highest BCUT2D eigenvalue weighted by Gasteiger charge is 2.29. The fraction of sp³-hybridized carbons (Fsp3) is 0.462. The summed E-state index contributed by atoms with van der Waals surface area (Å²) < 4.78 is 28.1. The van der Waals surface area contributed by atoms with Gasteiger partial charge in [-0.1, -0.05) is 32.9 Å². The first-order chi connectivity index (χ1) is 15.9. The summed E-state index contributed by atoms with van der Waals surface area (Å²) in [5.74, 6) is -0.391. The number of hydrogen-bond donors (Lipinski definition) is 2. The van der Waals surface area contributed by atoms with E-state index >= 15 is 0 Å². The largest absolute Gasteiger partial charge is 0.354 e. The number of piperidine rings is 1. The van der Waals surface area contributed by atoms with Gasteiger partial charge in [-0.25, -0.2) is 8.42 Å². The second kappa shape index (κ2) is 10.2. The summed E-state index contributed by atoms with van der Waals surface area (Å²) in [4.78, 5) is 27.2. The molecule has 1 saturated heterocycles. The van der Waals surface area contributed by atoms with Crippen LogP contribution in [0.25, 0.3) is 0 Å². The SMILES string of the molecule is CC(C)NC(=O)C1CCCN(C(=O)c2ccc(NS(=O)(=O)c3ccc(C(C)(C)C)cc3)cc2)C1. The highest BCUT2D eigenvalue weighted by atomic mass is 32.2. The summed E-state index contributed by atoms with van der Waals surface area (Å²) >= 11 is 0. The van der Waals surface area contributed by atoms with Crippen molar-refractivity contribution in [3.8, 4) is 0 Å². The Morgan fingerprint density at radius 1 is 1.00 bits per heavy atom. The molecule has 1 aliphatic rings. The lowest BCUT2D eigenvalue weighted by Gasteiger charge is -2.32. The molecule has 2 amide bonds. The van der Waals surface area contributed by atoms with Gasteiger partial charge in [0.1, 0.15) is 0 Å². The zero-order chi connectivity index (χ0) is 25.1. The van der Waals surface area contributed by atoms with E-state index in [4.69, 9.17) is 0 Å². The van der Waals surface area contributed by atoms with E-state index in [1.807, 2.05) is 26.0 Å². The van der Waals surface area contributed by atoms with E-state index in [0.29, 0.717) is 24.3 Å². The van der Waals surface area contributed by atoms with Crippen LogP contribution in [0.3, 0.4) is 0 Å². The highest BCUT2D eigenvalue weighted by molar-refractivity contribution is 7.92. The van der Waals surface area contributed by atoms with Gasteiger partial charge in [-0.05, 0) is 74.1 Å². The van der Waals surface area contributed by atoms with Crippen molar-refractivity contribution in [2.45, 2.75) is 63.8 Å². The van der Waals surface area contributed by atoms with Crippen molar-refractivity contribution in [1.29, 1.82) is 0 Å². The smallest absolute Gasteiger partial charge is 0.261 e. The zero-order valence-electron chi connectivity index (χ0n) is 20.6. The molecular weight excluding hydrogens is 450 g/mol. The third kappa shape index (κ3) is 6.38. The van der Waals surface area contributed by atoms with Gasteiger partial charge in [0.15, 0.2) is 0 Å². The molecule has 1 atom stereocenters. The van der Waals surface area contributed by atoms with Crippen LogP contribution in [-0.4, -0.2) is 44.3 Å². The van der Waals surface area contributed by atoms with E-state index in [0.717, 1.165) is 18.4 Å². The maximum absolute atomic E-state index is 13.0. The normalized spacial score (nSPS) is 16.9. The van der Waals surface area contributed by atoms with Crippen LogP contribution in [0.15, 0.2) is 53.4 Å². The molecule has 3 rings (SSSR count). The molecule has 2 N–H and O–H groups in total. The summed E-state index contributed by atoms with van der Waals surface area (Å²) in [6, 6.07) is 13.3. The van der Waals surface area contributed by atoms with Gasteiger partial charge in [0.2, 0.25) is 5.91 Å². The Balaban J connectivity index is 1.66. The number of amides is 2. The number of benzene rings is 2. The Bertz CT molecular complexity index is 1120. The van der Waals surface area contributed by atoms with Gasteiger partial charge in [-0.3, -0.25) is 14.3 Å². The molecular formula is C26H35N3O4S. The van der Waals surface area contributed by atoms with E-state index in [1.165, 1.54) is 0 Å². The Morgan fingerprint density at radius 2 is 1.62 bits per heavy atom. The van der Waals surface area contributed by atoms with Crippen molar-refractivity contribution in [3.05, 3.63) is 59.7 Å². The Hall–Kier alpha value is -2.87. The van der Waals surface area contributed by atoms with Gasteiger partial charge in [0.25, 0.3) is 15.9 Å². The van der Waals surface area contributed by atoms with E-state index in [2.05, 4.69) is 30.8 Å². The van der Waals surface area contributed by atoms with Crippen molar-refractivity contribution in [2.24, 2.45) is 5.92 Å². The summed E-state index contributed by atoms with van der Waals surface area (Å²) in [6.07, 6.45) is 1.54. The second-order valence-electron chi connectivity index (χ2n) is 10.2. The lowest BCUT2D eigenvalue weighted by molar-refractivity contribution is -0.126. The Labute approximate surface area is 203 Å². The molecule has 0 spiro atoms. The molecule has 2 aromatic carbocycles. The van der Waals surface area contributed by atoms with Gasteiger partial charge >= 0.3 is 0 Å². The van der Waals surface area contributed by atoms with Crippen LogP contribution in [0.1, 0.15) is 63.4 Å². The number of nitrogens with zero attached hydrogens (tertiary/aromatic N) is 1. The number of likely N-dealkylation sites (tertiary alicyclic amines) is 1. The number of rotatable bonds is 6. The lowest BCUT2D eigenvalue weighted by Crippen LogP contribution is -2.46. The van der Waals surface area contributed by atoms with Crippen LogP contribution in [0.2, 0.25) is 0 Å². The minimum Gasteiger partial charge on any atom is -0.354 e. The molecule has 1 aliphatic heterocycles. The molecule has 0 aliphatic carbocycles. The number of carbonyl (C=O) groups excluding carboxylic acids is 2. The summed E-state index contributed by atoms with van der Waals surface area (Å²) in [7, 11) is -3.75. The molecule has 1 heterocycles. The third-order valence-corrected chi connectivity index (χ3v) is 7.32. The van der Waals surface area contributed by atoms with Gasteiger partial charge in [-0.15, -0.1) is 0 Å². The van der Waals surface area contributed by atoms with Crippen molar-refractivity contribution in [1.82, 2.24) is 10.2 Å². The molecule has 0 radical (unpaired) electrons. The van der Waals surface area contributed by atoms with Crippen LogP contribution >= 0.6 is 0 Å². The van der Waals surface area contributed by atoms with Gasteiger partial charge in [-0.2, -0.15) is 0 Å². The summed E-state index contributed by atoms with van der Waals surface area (Å²) in [5.41, 5.74) is 1.83. The third-order valence-electron chi connectivity index (χ3n) is 5.93. The van der Waals surface area contributed by atoms with E-state index in [9.17, 15) is 18.0 Å². The fourth-order valence-electron chi connectivity index (χ4n) is 3.99. The van der Waals surface area contributed by atoms with Crippen LogP contribution in [0.4, 0.5) is 5.69 Å². The van der Waals surface area contributed by atoms with Crippen LogP contribution in [-0.2, 0) is 20.2 Å². The molecule has 184 valence electrons. The lowest BCUT2D eigenvalue weighted by atomic mass is 9.87. The Morgan fingerprint density at radius 3 is 2.18 bits per heavy atom. The summed E-state index contributed by atoms with van der Waals surface area (Å²) in [5, 5.41) is 2.92. The molecule has 1 unspecified atom stereocenters. The molecule has 0 aromatic heterocycles. The highest BCUT2D eigenvalue weighted by Crippen LogP contribution is 2.25. The average molecular weight is 486 g/mol. The topological polar surface area (TPSA) is 95.6 Å². The molecule has 7 nitrogen and oxygen atoms in total. The van der Waals surface area contributed by atoms with Crippen molar-refractivity contribution in [3.63, 3.8) is 0 Å². The van der Waals surface area contributed by atoms with Gasteiger partial charge < -0.3 is 10.2 Å². The number of sulfonamides is 1. The summed E-state index contributed by atoms with van der Waals surface area (Å²) in [6.45, 7) is 11.0. The van der Waals surface area contributed by atoms with Crippen molar-refractivity contribution in [2.75, 3.05) is 17.8 Å². The number of hydrogen-bond acceptors (Lipinski definition) is 4. The molecule has 2 aromatic rings. The predicted molar refractivity (Wildman–Crippen MR) is 134 cm³/mol. The standard InChI is InChI=1S/C26H35N3O4S/c1-18(2)27-24(30)20-7-6-16-29(17-20)25(31)19-8-12-22(13-9-19)28-34(32,33)23-14-10-21(11-15-23)26(3,4)5/h8-15,18,20,28H,6-7,16-17H2,1-5H3,(H,27,30). The van der Waals surface area contributed by atoms with E-state index in [1.54, 1.807) is 41.3 Å². The van der Waals surface area contributed by atoms with E-state index in [-0.39, 0.29) is 34.1 Å². The quantitative estimate of drug-likeness (QED) is 0.642. The maximum atomic E-state index is 13.0. The molecule has 34 heavy (non-hydrogen) atoms.